The fraction of sp³-hybridized carbons (Fsp3) is 0.355. The Bertz CT molecular complexity index is 1100. The van der Waals surface area contributed by atoms with Crippen LogP contribution < -0.4 is 10.1 Å². The van der Waals surface area contributed by atoms with Gasteiger partial charge in [-0.2, -0.15) is 0 Å². The van der Waals surface area contributed by atoms with Crippen LogP contribution in [0.3, 0.4) is 0 Å². The number of para-hydroxylation sites is 1. The summed E-state index contributed by atoms with van der Waals surface area (Å²) in [6.45, 7) is 9.04. The molecule has 190 valence electrons. The number of benzene rings is 3. The number of nitrogens with zero attached hydrogens (tertiary/aromatic N) is 1. The van der Waals surface area contributed by atoms with Crippen molar-refractivity contribution in [3.05, 3.63) is 102 Å². The first kappa shape index (κ1) is 27.0. The van der Waals surface area contributed by atoms with E-state index in [1.807, 2.05) is 84.9 Å². The maximum atomic E-state index is 13.7. The van der Waals surface area contributed by atoms with Crippen LogP contribution in [0.5, 0.6) is 5.75 Å². The summed E-state index contributed by atoms with van der Waals surface area (Å²) < 4.78 is 6.03. The van der Waals surface area contributed by atoms with E-state index in [2.05, 4.69) is 33.0 Å². The monoisotopic (exact) mass is 486 g/mol. The van der Waals surface area contributed by atoms with Gasteiger partial charge in [-0.05, 0) is 34.6 Å². The van der Waals surface area contributed by atoms with Gasteiger partial charge in [0.05, 0.1) is 0 Å². The van der Waals surface area contributed by atoms with Gasteiger partial charge in [0.2, 0.25) is 5.91 Å². The van der Waals surface area contributed by atoms with Crippen LogP contribution in [0, 0.1) is 5.92 Å². The molecule has 1 N–H and O–H groups in total. The van der Waals surface area contributed by atoms with Crippen LogP contribution in [-0.2, 0) is 22.6 Å². The second-order valence-electron chi connectivity index (χ2n) is 9.83. The lowest BCUT2D eigenvalue weighted by molar-refractivity contribution is -0.142. The zero-order chi connectivity index (χ0) is 25.9. The molecule has 0 aliphatic rings. The number of nitrogens with one attached hydrogen (secondary N) is 1. The minimum atomic E-state index is -0.664. The van der Waals surface area contributed by atoms with Crippen LogP contribution >= 0.6 is 0 Å². The quantitative estimate of drug-likeness (QED) is 0.362. The molecule has 0 saturated carbocycles. The Labute approximate surface area is 215 Å². The summed E-state index contributed by atoms with van der Waals surface area (Å²) in [6, 6.07) is 26.7. The fourth-order valence-corrected chi connectivity index (χ4v) is 4.07. The first-order valence-electron chi connectivity index (χ1n) is 12.7. The summed E-state index contributed by atoms with van der Waals surface area (Å²) in [7, 11) is 0. The molecule has 36 heavy (non-hydrogen) atoms. The highest BCUT2D eigenvalue weighted by molar-refractivity contribution is 5.88. The third-order valence-electron chi connectivity index (χ3n) is 6.04. The SMILES string of the molecule is CC(C)CNC(=O)[C@@H](Cc1ccccc1)N(Cc1ccccc1)C(=O)COc1ccccc1C(C)C. The predicted octanol–water partition coefficient (Wildman–Crippen LogP) is 5.60. The molecule has 0 heterocycles. The van der Waals surface area contributed by atoms with E-state index in [0.29, 0.717) is 31.2 Å². The average Bonchev–Trinajstić information content (AvgIpc) is 2.89. The van der Waals surface area contributed by atoms with Crippen molar-refractivity contribution in [3.8, 4) is 5.75 Å². The molecule has 2 amide bonds. The number of carbonyl (C=O) groups excluding carboxylic acids is 2. The Morgan fingerprint density at radius 1 is 0.806 bits per heavy atom. The summed E-state index contributed by atoms with van der Waals surface area (Å²) in [4.78, 5) is 28.8. The summed E-state index contributed by atoms with van der Waals surface area (Å²) >= 11 is 0. The van der Waals surface area contributed by atoms with Gasteiger partial charge in [0, 0.05) is 19.5 Å². The molecule has 0 bridgehead atoms. The third-order valence-corrected chi connectivity index (χ3v) is 6.04. The summed E-state index contributed by atoms with van der Waals surface area (Å²) in [5, 5.41) is 3.05. The first-order chi connectivity index (χ1) is 17.3. The van der Waals surface area contributed by atoms with Crippen molar-refractivity contribution in [1.82, 2.24) is 10.2 Å². The largest absolute Gasteiger partial charge is 0.483 e. The number of hydrogen-bond donors (Lipinski definition) is 1. The lowest BCUT2D eigenvalue weighted by Crippen LogP contribution is -2.52. The molecule has 0 aliphatic heterocycles. The number of hydrogen-bond acceptors (Lipinski definition) is 3. The van der Waals surface area contributed by atoms with Crippen LogP contribution in [0.4, 0.5) is 0 Å². The average molecular weight is 487 g/mol. The summed E-state index contributed by atoms with van der Waals surface area (Å²) in [5.41, 5.74) is 3.01. The van der Waals surface area contributed by atoms with Crippen molar-refractivity contribution < 1.29 is 14.3 Å². The zero-order valence-corrected chi connectivity index (χ0v) is 21.8. The summed E-state index contributed by atoms with van der Waals surface area (Å²) in [6.07, 6.45) is 0.423. The van der Waals surface area contributed by atoms with Crippen molar-refractivity contribution in [1.29, 1.82) is 0 Å². The van der Waals surface area contributed by atoms with Gasteiger partial charge in [-0.25, -0.2) is 0 Å². The van der Waals surface area contributed by atoms with Crippen LogP contribution in [0.25, 0.3) is 0 Å². The van der Waals surface area contributed by atoms with Gasteiger partial charge in [-0.3, -0.25) is 9.59 Å². The standard InChI is InChI=1S/C31H38N2O3/c1-23(2)20-32-31(35)28(19-25-13-7-5-8-14-25)33(21-26-15-9-6-10-16-26)30(34)22-36-29-18-12-11-17-27(29)24(3)4/h5-18,23-24,28H,19-22H2,1-4H3,(H,32,35)/t28-/m1/s1. The van der Waals surface area contributed by atoms with Crippen molar-refractivity contribution in [2.24, 2.45) is 5.92 Å². The minimum Gasteiger partial charge on any atom is -0.483 e. The van der Waals surface area contributed by atoms with Crippen LogP contribution in [0.2, 0.25) is 0 Å². The van der Waals surface area contributed by atoms with Gasteiger partial charge >= 0.3 is 0 Å². The van der Waals surface area contributed by atoms with Crippen molar-refractivity contribution in [3.63, 3.8) is 0 Å². The third kappa shape index (κ3) is 7.98. The Morgan fingerprint density at radius 2 is 1.39 bits per heavy atom. The van der Waals surface area contributed by atoms with E-state index in [0.717, 1.165) is 16.7 Å². The second-order valence-corrected chi connectivity index (χ2v) is 9.83. The molecule has 0 aliphatic carbocycles. The van der Waals surface area contributed by atoms with Crippen molar-refractivity contribution in [2.45, 2.75) is 52.6 Å². The molecule has 1 atom stereocenters. The van der Waals surface area contributed by atoms with Gasteiger partial charge in [-0.15, -0.1) is 0 Å². The number of amides is 2. The maximum Gasteiger partial charge on any atom is 0.261 e. The lowest BCUT2D eigenvalue weighted by Gasteiger charge is -2.32. The minimum absolute atomic E-state index is 0.140. The molecule has 3 rings (SSSR count). The number of rotatable bonds is 12. The Morgan fingerprint density at radius 3 is 2.00 bits per heavy atom. The van der Waals surface area contributed by atoms with Gasteiger partial charge in [0.25, 0.3) is 5.91 Å². The fourth-order valence-electron chi connectivity index (χ4n) is 4.07. The highest BCUT2D eigenvalue weighted by Crippen LogP contribution is 2.26. The van der Waals surface area contributed by atoms with E-state index < -0.39 is 6.04 Å². The van der Waals surface area contributed by atoms with Gasteiger partial charge < -0.3 is 15.0 Å². The van der Waals surface area contributed by atoms with E-state index in [1.54, 1.807) is 4.90 Å². The molecule has 0 saturated heterocycles. The van der Waals surface area contributed by atoms with Gasteiger partial charge in [0.1, 0.15) is 11.8 Å². The normalized spacial score (nSPS) is 11.8. The summed E-state index contributed by atoms with van der Waals surface area (Å²) in [5.74, 6) is 0.895. The molecule has 3 aromatic carbocycles. The van der Waals surface area contributed by atoms with Gasteiger partial charge in [-0.1, -0.05) is 107 Å². The number of carbonyl (C=O) groups is 2. The van der Waals surface area contributed by atoms with E-state index in [4.69, 9.17) is 4.74 Å². The van der Waals surface area contributed by atoms with Crippen LogP contribution in [0.15, 0.2) is 84.9 Å². The topological polar surface area (TPSA) is 58.6 Å². The second kappa shape index (κ2) is 13.5. The molecule has 0 radical (unpaired) electrons. The lowest BCUT2D eigenvalue weighted by atomic mass is 10.0. The Hall–Kier alpha value is -3.60. The first-order valence-corrected chi connectivity index (χ1v) is 12.7. The molecule has 5 nitrogen and oxygen atoms in total. The molecule has 0 fully saturated rings. The Kier molecular flexibility index (Phi) is 10.1. The zero-order valence-electron chi connectivity index (χ0n) is 21.8. The highest BCUT2D eigenvalue weighted by Gasteiger charge is 2.30. The predicted molar refractivity (Wildman–Crippen MR) is 145 cm³/mol. The molecule has 0 spiro atoms. The number of ether oxygens (including phenoxy) is 1. The molecular weight excluding hydrogens is 448 g/mol. The molecule has 3 aromatic rings. The molecule has 0 aromatic heterocycles. The molecular formula is C31H38N2O3. The van der Waals surface area contributed by atoms with Crippen molar-refractivity contribution >= 4 is 11.8 Å². The molecule has 0 unspecified atom stereocenters. The van der Waals surface area contributed by atoms with Crippen LogP contribution in [-0.4, -0.2) is 35.9 Å². The smallest absolute Gasteiger partial charge is 0.261 e. The van der Waals surface area contributed by atoms with Crippen LogP contribution in [0.1, 0.15) is 50.3 Å². The molecule has 5 heteroatoms. The highest BCUT2D eigenvalue weighted by atomic mass is 16.5. The van der Waals surface area contributed by atoms with E-state index in [-0.39, 0.29) is 24.3 Å². The van der Waals surface area contributed by atoms with E-state index >= 15 is 0 Å². The van der Waals surface area contributed by atoms with Crippen molar-refractivity contribution in [2.75, 3.05) is 13.2 Å². The van der Waals surface area contributed by atoms with Gasteiger partial charge in [0.15, 0.2) is 6.61 Å². The Balaban J connectivity index is 1.89. The van der Waals surface area contributed by atoms with E-state index in [1.165, 1.54) is 0 Å². The van der Waals surface area contributed by atoms with E-state index in [9.17, 15) is 9.59 Å². The maximum absolute atomic E-state index is 13.7.